The van der Waals surface area contributed by atoms with Crippen LogP contribution in [0.3, 0.4) is 0 Å². The zero-order valence-corrected chi connectivity index (χ0v) is 26.5. The number of para-hydroxylation sites is 1. The van der Waals surface area contributed by atoms with Crippen LogP contribution < -0.4 is 9.47 Å². The number of rotatable bonds is 3. The fourth-order valence-electron chi connectivity index (χ4n) is 4.36. The van der Waals surface area contributed by atoms with Crippen LogP contribution in [0.5, 0.6) is 11.5 Å². The van der Waals surface area contributed by atoms with Crippen LogP contribution in [0, 0.1) is 19.7 Å². The van der Waals surface area contributed by atoms with E-state index in [9.17, 15) is 4.39 Å². The number of ether oxygens (including phenoxy) is 2. The Morgan fingerprint density at radius 3 is 1.65 bits per heavy atom. The van der Waals surface area contributed by atoms with E-state index in [-0.39, 0.29) is 29.5 Å². The zero-order valence-electron chi connectivity index (χ0n) is 26.5. The normalized spacial score (nSPS) is 13.1. The Hall–Kier alpha value is -2.81. The second-order valence-electron chi connectivity index (χ2n) is 13.7. The second kappa shape index (κ2) is 14.2. The quantitative estimate of drug-likeness (QED) is 0.323. The van der Waals surface area contributed by atoms with E-state index in [1.807, 2.05) is 18.2 Å². The van der Waals surface area contributed by atoms with Crippen LogP contribution in [0.15, 0.2) is 60.7 Å². The average molecular weight is 551 g/mol. The molecule has 2 nitrogen and oxygen atoms in total. The first-order chi connectivity index (χ1) is 17.9. The highest BCUT2D eigenvalue weighted by Gasteiger charge is 2.27. The zero-order chi connectivity index (χ0) is 29.6. The van der Waals surface area contributed by atoms with E-state index in [0.717, 1.165) is 29.9 Å². The first-order valence-electron chi connectivity index (χ1n) is 14.1. The molecule has 1 fully saturated rings. The van der Waals surface area contributed by atoms with Crippen molar-refractivity contribution >= 4 is 0 Å². The summed E-state index contributed by atoms with van der Waals surface area (Å²) in [6.07, 6.45) is 2.61. The van der Waals surface area contributed by atoms with Crippen molar-refractivity contribution in [2.45, 2.75) is 119 Å². The van der Waals surface area contributed by atoms with Crippen molar-refractivity contribution in [2.75, 3.05) is 7.11 Å². The smallest absolute Gasteiger partial charge is 0.123 e. The topological polar surface area (TPSA) is 18.5 Å². The Kier molecular flexibility index (Phi) is 12.5. The third-order valence-electron chi connectivity index (χ3n) is 6.68. The summed E-state index contributed by atoms with van der Waals surface area (Å²) in [6.45, 7) is 23.9. The van der Waals surface area contributed by atoms with Crippen molar-refractivity contribution in [1.29, 1.82) is 0 Å². The lowest BCUT2D eigenvalue weighted by molar-refractivity contribution is 0.294. The standard InChI is InChI=1S/C13H17FO.C12H18.C11H16O.CH4/c1-13(2,3)11-8-9(14)4-7-12(11)15-10-5-6-10;1-9-6-7-10(2)11(8-9)12(3,4)5;1-11(2,3)9-7-5-6-8-10(9)12-4;/h4,7-8,10H,5-6H2,1-3H3;6-8H,1-5H3;5-8H,1-4H3;1H4. The van der Waals surface area contributed by atoms with Gasteiger partial charge in [0.05, 0.1) is 13.2 Å². The maximum atomic E-state index is 13.2. The third-order valence-corrected chi connectivity index (χ3v) is 6.68. The van der Waals surface area contributed by atoms with E-state index in [1.54, 1.807) is 19.2 Å². The summed E-state index contributed by atoms with van der Waals surface area (Å²) in [4.78, 5) is 0. The van der Waals surface area contributed by atoms with Crippen LogP contribution in [0.25, 0.3) is 0 Å². The van der Waals surface area contributed by atoms with E-state index < -0.39 is 0 Å². The van der Waals surface area contributed by atoms with Crippen LogP contribution in [0.1, 0.15) is 110 Å². The monoisotopic (exact) mass is 550 g/mol. The molecular formula is C37H55FO2. The van der Waals surface area contributed by atoms with E-state index >= 15 is 0 Å². The van der Waals surface area contributed by atoms with Gasteiger partial charge in [-0.05, 0) is 83.9 Å². The molecule has 3 heteroatoms. The molecule has 0 atom stereocenters. The molecule has 0 N–H and O–H groups in total. The van der Waals surface area contributed by atoms with Gasteiger partial charge < -0.3 is 9.47 Å². The Morgan fingerprint density at radius 1 is 0.650 bits per heavy atom. The van der Waals surface area contributed by atoms with Gasteiger partial charge in [-0.1, -0.05) is 112 Å². The summed E-state index contributed by atoms with van der Waals surface area (Å²) in [7, 11) is 1.71. The van der Waals surface area contributed by atoms with Crippen LogP contribution in [-0.4, -0.2) is 13.2 Å². The molecule has 1 aliphatic rings. The second-order valence-corrected chi connectivity index (χ2v) is 13.7. The van der Waals surface area contributed by atoms with Gasteiger partial charge in [0.2, 0.25) is 0 Å². The molecule has 3 aromatic carbocycles. The summed E-state index contributed by atoms with van der Waals surface area (Å²) < 4.78 is 24.2. The molecule has 1 saturated carbocycles. The molecule has 0 aromatic heterocycles. The Bertz CT molecular complexity index is 1200. The minimum atomic E-state index is -0.192. The number of halogens is 1. The first-order valence-corrected chi connectivity index (χ1v) is 14.1. The molecule has 0 heterocycles. The molecule has 0 saturated heterocycles. The molecular weight excluding hydrogens is 495 g/mol. The Balaban J connectivity index is 0.000000299. The summed E-state index contributed by atoms with van der Waals surface area (Å²) >= 11 is 0. The molecule has 0 aliphatic heterocycles. The fourth-order valence-corrected chi connectivity index (χ4v) is 4.36. The lowest BCUT2D eigenvalue weighted by Crippen LogP contribution is -2.14. The van der Waals surface area contributed by atoms with E-state index in [1.165, 1.54) is 28.3 Å². The molecule has 3 aromatic rings. The summed E-state index contributed by atoms with van der Waals surface area (Å²) in [6, 6.07) is 19.6. The first kappa shape index (κ1) is 35.2. The van der Waals surface area contributed by atoms with E-state index in [0.29, 0.717) is 6.10 Å². The van der Waals surface area contributed by atoms with Gasteiger partial charge in [0, 0.05) is 5.56 Å². The lowest BCUT2D eigenvalue weighted by Gasteiger charge is -2.22. The highest BCUT2D eigenvalue weighted by Crippen LogP contribution is 2.36. The predicted molar refractivity (Wildman–Crippen MR) is 172 cm³/mol. The molecule has 222 valence electrons. The number of aryl methyl sites for hydroxylation is 2. The highest BCUT2D eigenvalue weighted by molar-refractivity contribution is 5.40. The molecule has 0 unspecified atom stereocenters. The molecule has 0 radical (unpaired) electrons. The van der Waals surface area contributed by atoms with E-state index in [2.05, 4.69) is 100 Å². The number of methoxy groups -OCH3 is 1. The van der Waals surface area contributed by atoms with Crippen molar-refractivity contribution in [1.82, 2.24) is 0 Å². The predicted octanol–water partition coefficient (Wildman–Crippen LogP) is 10.9. The van der Waals surface area contributed by atoms with Crippen LogP contribution in [-0.2, 0) is 16.2 Å². The maximum Gasteiger partial charge on any atom is 0.123 e. The number of benzene rings is 3. The van der Waals surface area contributed by atoms with Crippen LogP contribution >= 0.6 is 0 Å². The van der Waals surface area contributed by atoms with Gasteiger partial charge in [-0.25, -0.2) is 4.39 Å². The van der Waals surface area contributed by atoms with Gasteiger partial charge in [-0.2, -0.15) is 0 Å². The third kappa shape index (κ3) is 11.0. The van der Waals surface area contributed by atoms with Crippen molar-refractivity contribution in [2.24, 2.45) is 0 Å². The highest BCUT2D eigenvalue weighted by atomic mass is 19.1. The molecule has 0 bridgehead atoms. The summed E-state index contributed by atoms with van der Waals surface area (Å²) in [5, 5.41) is 0. The molecule has 40 heavy (non-hydrogen) atoms. The van der Waals surface area contributed by atoms with Crippen molar-refractivity contribution in [3.8, 4) is 11.5 Å². The van der Waals surface area contributed by atoms with Crippen molar-refractivity contribution in [3.63, 3.8) is 0 Å². The van der Waals surface area contributed by atoms with Gasteiger partial charge in [-0.15, -0.1) is 0 Å². The number of hydrogen-bond acceptors (Lipinski definition) is 2. The molecule has 0 spiro atoms. The van der Waals surface area contributed by atoms with E-state index in [4.69, 9.17) is 9.47 Å². The van der Waals surface area contributed by atoms with Crippen molar-refractivity contribution in [3.05, 3.63) is 94.3 Å². The lowest BCUT2D eigenvalue weighted by atomic mass is 9.83. The average Bonchev–Trinajstić information content (AvgIpc) is 3.65. The summed E-state index contributed by atoms with van der Waals surface area (Å²) in [5.41, 5.74) is 6.78. The van der Waals surface area contributed by atoms with Gasteiger partial charge in [0.25, 0.3) is 0 Å². The van der Waals surface area contributed by atoms with Gasteiger partial charge >= 0.3 is 0 Å². The van der Waals surface area contributed by atoms with Gasteiger partial charge in [-0.3, -0.25) is 0 Å². The maximum absolute atomic E-state index is 13.2. The molecule has 4 rings (SSSR count). The van der Waals surface area contributed by atoms with Gasteiger partial charge in [0.15, 0.2) is 0 Å². The molecule has 0 amide bonds. The number of hydrogen-bond donors (Lipinski definition) is 0. The van der Waals surface area contributed by atoms with Crippen LogP contribution in [0.4, 0.5) is 4.39 Å². The minimum absolute atomic E-state index is 0. The minimum Gasteiger partial charge on any atom is -0.496 e. The SMILES string of the molecule is C.CC(C)(C)c1cc(F)ccc1OC1CC1.COc1ccccc1C(C)(C)C.Cc1ccc(C)c(C(C)(C)C)c1. The molecule has 1 aliphatic carbocycles. The van der Waals surface area contributed by atoms with Gasteiger partial charge in [0.1, 0.15) is 17.3 Å². The largest absolute Gasteiger partial charge is 0.496 e. The Labute approximate surface area is 245 Å². The fraction of sp³-hybridized carbons (Fsp3) is 0.514. The Morgan fingerprint density at radius 2 is 1.20 bits per heavy atom. The van der Waals surface area contributed by atoms with Crippen LogP contribution in [0.2, 0.25) is 0 Å². The van der Waals surface area contributed by atoms with Crippen molar-refractivity contribution < 1.29 is 13.9 Å². The summed E-state index contributed by atoms with van der Waals surface area (Å²) in [5.74, 6) is 1.62.